The van der Waals surface area contributed by atoms with Crippen molar-refractivity contribution in [2.45, 2.75) is 6.92 Å². The van der Waals surface area contributed by atoms with Gasteiger partial charge in [0.15, 0.2) is 7.14 Å². The van der Waals surface area contributed by atoms with Crippen LogP contribution in [-0.2, 0) is 4.57 Å². The summed E-state index contributed by atoms with van der Waals surface area (Å²) in [5.41, 5.74) is 6.03. The Kier molecular flexibility index (Phi) is 6.47. The summed E-state index contributed by atoms with van der Waals surface area (Å²) >= 11 is 0. The van der Waals surface area contributed by atoms with Crippen molar-refractivity contribution in [3.05, 3.63) is 168 Å². The third kappa shape index (κ3) is 4.01. The van der Waals surface area contributed by atoms with Crippen molar-refractivity contribution in [2.24, 2.45) is 0 Å². The molecule has 7 aromatic carbocycles. The van der Waals surface area contributed by atoms with Crippen molar-refractivity contribution in [2.75, 3.05) is 0 Å². The quantitative estimate of drug-likeness (QED) is 0.144. The lowest BCUT2D eigenvalue weighted by Crippen LogP contribution is -2.32. The standard InChI is InChI=1S/C44H31N2OP/c1-3-30(28-31-17-8-7-16-29(31)2)41-33-20-9-11-22-35(33)42(36-23-12-10-21-34(36)41)44-45-37-24-15-27-40-43(37)46(44)38-25-13-14-26-39(38)48(40,47)32-18-5-4-6-19-32/h3-28H,2H2,1H3/b30-3+,31-28-. The van der Waals surface area contributed by atoms with Crippen molar-refractivity contribution >= 4 is 73.9 Å². The molecule has 1 unspecified atom stereocenters. The molecule has 1 aliphatic heterocycles. The monoisotopic (exact) mass is 634 g/mol. The maximum Gasteiger partial charge on any atom is 0.175 e. The molecule has 0 saturated heterocycles. The van der Waals surface area contributed by atoms with E-state index in [1.54, 1.807) is 0 Å². The Bertz CT molecular complexity index is 2740. The molecule has 0 aliphatic carbocycles. The summed E-state index contributed by atoms with van der Waals surface area (Å²) in [6, 6.07) is 49.7. The molecule has 0 amide bonds. The van der Waals surface area contributed by atoms with Crippen molar-refractivity contribution in [3.8, 4) is 17.1 Å². The van der Waals surface area contributed by atoms with E-state index in [-0.39, 0.29) is 0 Å². The Morgan fingerprint density at radius 1 is 0.667 bits per heavy atom. The Labute approximate surface area is 278 Å². The van der Waals surface area contributed by atoms with Crippen LogP contribution in [0.4, 0.5) is 0 Å². The number of hydrogen-bond acceptors (Lipinski definition) is 2. The fourth-order valence-electron chi connectivity index (χ4n) is 7.55. The van der Waals surface area contributed by atoms with E-state index in [1.165, 1.54) is 5.56 Å². The zero-order chi connectivity index (χ0) is 32.4. The first kappa shape index (κ1) is 28.5. The first-order chi connectivity index (χ1) is 23.6. The lowest BCUT2D eigenvalue weighted by atomic mass is 9.87. The minimum Gasteiger partial charge on any atom is -0.308 e. The van der Waals surface area contributed by atoms with Crippen LogP contribution in [0.5, 0.6) is 0 Å². The smallest absolute Gasteiger partial charge is 0.175 e. The van der Waals surface area contributed by atoms with Gasteiger partial charge in [-0.05, 0) is 80.4 Å². The van der Waals surface area contributed by atoms with E-state index in [9.17, 15) is 0 Å². The summed E-state index contributed by atoms with van der Waals surface area (Å²) in [6.07, 6.45) is 4.44. The van der Waals surface area contributed by atoms with Gasteiger partial charge in [0.1, 0.15) is 5.82 Å². The zero-order valence-corrected chi connectivity index (χ0v) is 27.4. The highest BCUT2D eigenvalue weighted by Crippen LogP contribution is 2.51. The molecule has 1 aliphatic rings. The van der Waals surface area contributed by atoms with E-state index in [1.807, 2.05) is 72.8 Å². The Morgan fingerprint density at radius 3 is 1.98 bits per heavy atom. The fraction of sp³-hybridized carbons (Fsp3) is 0.0227. The number of para-hydroxylation sites is 2. The van der Waals surface area contributed by atoms with Crippen molar-refractivity contribution < 1.29 is 4.57 Å². The highest BCUT2D eigenvalue weighted by atomic mass is 31.2. The fourth-order valence-corrected chi connectivity index (χ4v) is 10.6. The van der Waals surface area contributed by atoms with Gasteiger partial charge in [-0.3, -0.25) is 4.57 Å². The number of aromatic nitrogens is 2. The Balaban J connectivity index is 1.42. The van der Waals surface area contributed by atoms with Crippen LogP contribution in [0.3, 0.4) is 0 Å². The number of imidazole rings is 1. The van der Waals surface area contributed by atoms with Crippen LogP contribution >= 0.6 is 7.14 Å². The lowest BCUT2D eigenvalue weighted by Gasteiger charge is -2.29. The van der Waals surface area contributed by atoms with E-state index in [4.69, 9.17) is 4.98 Å². The average Bonchev–Trinajstić information content (AvgIpc) is 3.53. The molecule has 0 spiro atoms. The van der Waals surface area contributed by atoms with Crippen LogP contribution < -0.4 is 26.4 Å². The maximum absolute atomic E-state index is 15.5. The van der Waals surface area contributed by atoms with Gasteiger partial charge in [-0.15, -0.1) is 0 Å². The molecule has 0 saturated carbocycles. The van der Waals surface area contributed by atoms with Crippen LogP contribution in [-0.4, -0.2) is 9.55 Å². The molecule has 1 atom stereocenters. The molecule has 9 rings (SSSR count). The summed E-state index contributed by atoms with van der Waals surface area (Å²) in [5, 5.41) is 9.11. The van der Waals surface area contributed by atoms with E-state index in [0.717, 1.165) is 81.6 Å². The summed E-state index contributed by atoms with van der Waals surface area (Å²) in [7, 11) is -3.18. The number of nitrogens with zero attached hydrogens (tertiary/aromatic N) is 2. The zero-order valence-electron chi connectivity index (χ0n) is 26.5. The number of rotatable bonds is 4. The first-order valence-electron chi connectivity index (χ1n) is 16.2. The second-order valence-electron chi connectivity index (χ2n) is 12.3. The average molecular weight is 635 g/mol. The summed E-state index contributed by atoms with van der Waals surface area (Å²) in [5.74, 6) is 0.845. The SMILES string of the molecule is C=c1cccc/c1=C/C(=C\C)c1c2ccccc2c(-c2nc3cccc4c3n2-c2ccccc2P4(=O)c2ccccc2)c2ccccc12. The number of allylic oxidation sites excluding steroid dienone is 2. The second kappa shape index (κ2) is 10.9. The van der Waals surface area contributed by atoms with E-state index in [0.29, 0.717) is 0 Å². The molecule has 1 aromatic heterocycles. The van der Waals surface area contributed by atoms with E-state index >= 15 is 4.57 Å². The van der Waals surface area contributed by atoms with Crippen LogP contribution in [0.1, 0.15) is 12.5 Å². The van der Waals surface area contributed by atoms with Gasteiger partial charge in [0.2, 0.25) is 0 Å². The first-order valence-corrected chi connectivity index (χ1v) is 17.9. The Hall–Kier alpha value is -5.76. The molecule has 0 N–H and O–H groups in total. The van der Waals surface area contributed by atoms with Crippen LogP contribution in [0, 0.1) is 0 Å². The molecule has 0 radical (unpaired) electrons. The third-order valence-corrected chi connectivity index (χ3v) is 12.8. The van der Waals surface area contributed by atoms with E-state index < -0.39 is 7.14 Å². The third-order valence-electron chi connectivity index (χ3n) is 9.70. The number of benzene rings is 7. The molecule has 8 aromatic rings. The van der Waals surface area contributed by atoms with Crippen molar-refractivity contribution in [1.29, 1.82) is 0 Å². The van der Waals surface area contributed by atoms with Crippen LogP contribution in [0.15, 0.2) is 152 Å². The number of fused-ring (bicyclic) bond motifs is 4. The molecule has 48 heavy (non-hydrogen) atoms. The molecule has 0 fully saturated rings. The lowest BCUT2D eigenvalue weighted by molar-refractivity contribution is 0.592. The van der Waals surface area contributed by atoms with Gasteiger partial charge in [0.25, 0.3) is 0 Å². The minimum absolute atomic E-state index is 0.825. The second-order valence-corrected chi connectivity index (χ2v) is 15.0. The molecule has 0 bridgehead atoms. The van der Waals surface area contributed by atoms with Crippen molar-refractivity contribution in [1.82, 2.24) is 9.55 Å². The normalized spacial score (nSPS) is 16.1. The van der Waals surface area contributed by atoms with Crippen LogP contribution in [0.2, 0.25) is 0 Å². The summed E-state index contributed by atoms with van der Waals surface area (Å²) in [4.78, 5) is 5.40. The number of hydrogen-bond donors (Lipinski definition) is 0. The molecule has 228 valence electrons. The van der Waals surface area contributed by atoms with Gasteiger partial charge < -0.3 is 4.57 Å². The minimum atomic E-state index is -3.18. The van der Waals surface area contributed by atoms with Gasteiger partial charge in [0, 0.05) is 21.5 Å². The highest BCUT2D eigenvalue weighted by molar-refractivity contribution is 7.86. The van der Waals surface area contributed by atoms with Gasteiger partial charge in [0.05, 0.1) is 16.7 Å². The van der Waals surface area contributed by atoms with E-state index in [2.05, 4.69) is 103 Å². The van der Waals surface area contributed by atoms with Crippen molar-refractivity contribution in [3.63, 3.8) is 0 Å². The Morgan fingerprint density at radius 2 is 1.27 bits per heavy atom. The van der Waals surface area contributed by atoms with Gasteiger partial charge in [-0.2, -0.15) is 0 Å². The maximum atomic E-state index is 15.5. The molecule has 4 heteroatoms. The largest absolute Gasteiger partial charge is 0.308 e. The van der Waals surface area contributed by atoms with Crippen LogP contribution in [0.25, 0.3) is 67.9 Å². The molecule has 3 nitrogen and oxygen atoms in total. The van der Waals surface area contributed by atoms with Gasteiger partial charge in [-0.1, -0.05) is 134 Å². The molecular formula is C44H31N2OP. The highest BCUT2D eigenvalue weighted by Gasteiger charge is 2.40. The predicted molar refractivity (Wildman–Crippen MR) is 204 cm³/mol. The topological polar surface area (TPSA) is 34.9 Å². The predicted octanol–water partition coefficient (Wildman–Crippen LogP) is 8.25. The van der Waals surface area contributed by atoms with Gasteiger partial charge in [-0.25, -0.2) is 4.98 Å². The molecule has 2 heterocycles. The molecular weight excluding hydrogens is 603 g/mol. The summed E-state index contributed by atoms with van der Waals surface area (Å²) in [6.45, 7) is 6.39. The summed E-state index contributed by atoms with van der Waals surface area (Å²) < 4.78 is 17.8. The van der Waals surface area contributed by atoms with Gasteiger partial charge >= 0.3 is 0 Å².